The standard InChI is InChI=1S/C30H22Cl2F2N6O3/c31-17-4-6-19-21(10-17)28(26-23(33)2-1-3-24(26)34)36-12-16-13-37-30(39-27(16)19)38-18-5-7-20(22(32)11-18)29(42)40-9-8-35-14-25(40)43-15-41/h1-7,10-11,13,15,25,35H,8-9,12,14H2,(H,37,38,39). The van der Waals surface area contributed by atoms with Gasteiger partial charge in [0.25, 0.3) is 12.4 Å². The fourth-order valence-electron chi connectivity index (χ4n) is 5.07. The molecule has 3 aromatic carbocycles. The van der Waals surface area contributed by atoms with Gasteiger partial charge in [-0.25, -0.2) is 18.7 Å². The summed E-state index contributed by atoms with van der Waals surface area (Å²) in [5, 5.41) is 6.72. The molecule has 1 unspecified atom stereocenters. The number of ether oxygens (including phenoxy) is 1. The third-order valence-corrected chi connectivity index (χ3v) is 7.64. The molecule has 43 heavy (non-hydrogen) atoms. The normalized spacial score (nSPS) is 16.0. The Labute approximate surface area is 254 Å². The summed E-state index contributed by atoms with van der Waals surface area (Å²) in [4.78, 5) is 39.2. The van der Waals surface area contributed by atoms with Gasteiger partial charge < -0.3 is 20.3 Å². The minimum absolute atomic E-state index is 0.0779. The lowest BCUT2D eigenvalue weighted by Gasteiger charge is -2.34. The van der Waals surface area contributed by atoms with Crippen LogP contribution in [-0.4, -0.2) is 58.8 Å². The van der Waals surface area contributed by atoms with Gasteiger partial charge in [-0.3, -0.25) is 14.6 Å². The number of carbonyl (C=O) groups excluding carboxylic acids is 2. The van der Waals surface area contributed by atoms with Crippen molar-refractivity contribution >= 4 is 52.9 Å². The van der Waals surface area contributed by atoms with Gasteiger partial charge in [0.05, 0.1) is 40.6 Å². The van der Waals surface area contributed by atoms with E-state index in [2.05, 4.69) is 20.6 Å². The van der Waals surface area contributed by atoms with Crippen molar-refractivity contribution < 1.29 is 23.1 Å². The van der Waals surface area contributed by atoms with E-state index in [-0.39, 0.29) is 40.3 Å². The molecule has 1 fully saturated rings. The maximum atomic E-state index is 14.8. The fraction of sp³-hybridized carbons (Fsp3) is 0.167. The molecule has 0 aliphatic carbocycles. The van der Waals surface area contributed by atoms with Gasteiger partial charge in [0.1, 0.15) is 11.6 Å². The molecule has 0 bridgehead atoms. The van der Waals surface area contributed by atoms with E-state index >= 15 is 0 Å². The van der Waals surface area contributed by atoms with E-state index in [4.69, 9.17) is 32.9 Å². The lowest BCUT2D eigenvalue weighted by atomic mass is 9.95. The zero-order valence-electron chi connectivity index (χ0n) is 22.3. The van der Waals surface area contributed by atoms with Gasteiger partial charge >= 0.3 is 0 Å². The van der Waals surface area contributed by atoms with E-state index < -0.39 is 17.9 Å². The van der Waals surface area contributed by atoms with Crippen molar-refractivity contribution in [3.8, 4) is 11.3 Å². The highest BCUT2D eigenvalue weighted by Gasteiger charge is 2.30. The number of benzene rings is 3. The number of nitrogens with one attached hydrogen (secondary N) is 2. The van der Waals surface area contributed by atoms with Crippen LogP contribution in [0.25, 0.3) is 11.3 Å². The Kier molecular flexibility index (Phi) is 8.02. The Morgan fingerprint density at radius 1 is 1.09 bits per heavy atom. The third kappa shape index (κ3) is 5.66. The Hall–Kier alpha value is -4.45. The van der Waals surface area contributed by atoms with Crippen molar-refractivity contribution in [3.63, 3.8) is 0 Å². The number of amides is 1. The number of hydrogen-bond acceptors (Lipinski definition) is 8. The number of anilines is 2. The first-order chi connectivity index (χ1) is 20.8. The third-order valence-electron chi connectivity index (χ3n) is 7.09. The molecule has 0 radical (unpaired) electrons. The summed E-state index contributed by atoms with van der Waals surface area (Å²) < 4.78 is 34.7. The van der Waals surface area contributed by atoms with Crippen LogP contribution in [0.4, 0.5) is 20.4 Å². The molecule has 1 aromatic heterocycles. The van der Waals surface area contributed by atoms with Crippen LogP contribution in [0, 0.1) is 11.6 Å². The molecule has 218 valence electrons. The number of rotatable bonds is 6. The first-order valence-electron chi connectivity index (χ1n) is 13.2. The number of carbonyl (C=O) groups is 2. The van der Waals surface area contributed by atoms with Gasteiger partial charge in [-0.1, -0.05) is 35.3 Å². The molecule has 2 aliphatic rings. The second-order valence-electron chi connectivity index (χ2n) is 9.73. The van der Waals surface area contributed by atoms with Crippen LogP contribution >= 0.6 is 23.2 Å². The van der Waals surface area contributed by atoms with Crippen LogP contribution in [0.3, 0.4) is 0 Å². The van der Waals surface area contributed by atoms with Gasteiger partial charge in [-0.15, -0.1) is 0 Å². The van der Waals surface area contributed by atoms with E-state index in [1.807, 2.05) is 0 Å². The van der Waals surface area contributed by atoms with Crippen molar-refractivity contribution in [2.75, 3.05) is 25.0 Å². The maximum absolute atomic E-state index is 14.8. The highest BCUT2D eigenvalue weighted by molar-refractivity contribution is 6.34. The number of halogens is 4. The first kappa shape index (κ1) is 28.7. The fourth-order valence-corrected chi connectivity index (χ4v) is 5.50. The molecule has 9 nitrogen and oxygen atoms in total. The van der Waals surface area contributed by atoms with Crippen LogP contribution in [0.5, 0.6) is 0 Å². The summed E-state index contributed by atoms with van der Waals surface area (Å²) in [5.41, 5.74) is 2.78. The molecule has 3 heterocycles. The summed E-state index contributed by atoms with van der Waals surface area (Å²) in [6.45, 7) is 1.60. The number of aliphatic imine (C=N–C) groups is 1. The van der Waals surface area contributed by atoms with Gasteiger partial charge in [0.2, 0.25) is 5.95 Å². The zero-order chi connectivity index (χ0) is 30.1. The van der Waals surface area contributed by atoms with Crippen molar-refractivity contribution in [3.05, 3.63) is 105 Å². The van der Waals surface area contributed by atoms with E-state index in [9.17, 15) is 18.4 Å². The predicted octanol–water partition coefficient (Wildman–Crippen LogP) is 5.37. The summed E-state index contributed by atoms with van der Waals surface area (Å²) in [5.74, 6) is -1.64. The van der Waals surface area contributed by atoms with Crippen molar-refractivity contribution in [2.45, 2.75) is 12.8 Å². The highest BCUT2D eigenvalue weighted by Crippen LogP contribution is 2.35. The SMILES string of the molecule is O=COC1CNCCN1C(=O)c1ccc(Nc2ncc3c(n2)-c2ccc(Cl)cc2C(c2c(F)cccc2F)=NC3)cc1Cl. The lowest BCUT2D eigenvalue weighted by molar-refractivity contribution is -0.141. The summed E-state index contributed by atoms with van der Waals surface area (Å²) in [7, 11) is 0. The van der Waals surface area contributed by atoms with Crippen LogP contribution in [0.15, 0.2) is 65.8 Å². The maximum Gasteiger partial charge on any atom is 0.295 e. The van der Waals surface area contributed by atoms with Gasteiger partial charge in [0, 0.05) is 46.7 Å². The molecule has 1 saturated heterocycles. The topological polar surface area (TPSA) is 109 Å². The number of hydrogen-bond donors (Lipinski definition) is 2. The van der Waals surface area contributed by atoms with Crippen LogP contribution in [0.1, 0.15) is 27.0 Å². The minimum Gasteiger partial charge on any atom is -0.442 e. The van der Waals surface area contributed by atoms with E-state index in [0.717, 1.165) is 0 Å². The second-order valence-corrected chi connectivity index (χ2v) is 10.6. The lowest BCUT2D eigenvalue weighted by Crippen LogP contribution is -2.54. The Balaban J connectivity index is 1.30. The largest absolute Gasteiger partial charge is 0.442 e. The Bertz CT molecular complexity index is 1770. The summed E-state index contributed by atoms with van der Waals surface area (Å²) >= 11 is 12.8. The molecule has 2 N–H and O–H groups in total. The smallest absolute Gasteiger partial charge is 0.295 e. The van der Waals surface area contributed by atoms with Gasteiger partial charge in [-0.2, -0.15) is 0 Å². The van der Waals surface area contributed by atoms with Gasteiger partial charge in [0.15, 0.2) is 6.23 Å². The Morgan fingerprint density at radius 2 is 1.91 bits per heavy atom. The molecule has 1 atom stereocenters. The van der Waals surface area contributed by atoms with E-state index in [1.54, 1.807) is 42.6 Å². The molecule has 4 aromatic rings. The number of nitrogens with zero attached hydrogens (tertiary/aromatic N) is 4. The zero-order valence-corrected chi connectivity index (χ0v) is 23.8. The van der Waals surface area contributed by atoms with Crippen LogP contribution in [0.2, 0.25) is 10.0 Å². The average Bonchev–Trinajstić information content (AvgIpc) is 3.14. The first-order valence-corrected chi connectivity index (χ1v) is 13.9. The van der Waals surface area contributed by atoms with E-state index in [0.29, 0.717) is 59.2 Å². The summed E-state index contributed by atoms with van der Waals surface area (Å²) in [6.07, 6.45) is 0.849. The molecule has 6 rings (SSSR count). The van der Waals surface area contributed by atoms with E-state index in [1.165, 1.54) is 23.1 Å². The van der Waals surface area contributed by atoms with Crippen molar-refractivity contribution in [1.82, 2.24) is 20.2 Å². The number of fused-ring (bicyclic) bond motifs is 3. The minimum atomic E-state index is -0.744. The second kappa shape index (κ2) is 12.0. The summed E-state index contributed by atoms with van der Waals surface area (Å²) in [6, 6.07) is 13.4. The predicted molar refractivity (Wildman–Crippen MR) is 158 cm³/mol. The van der Waals surface area contributed by atoms with Crippen molar-refractivity contribution in [2.24, 2.45) is 4.99 Å². The Morgan fingerprint density at radius 3 is 2.67 bits per heavy atom. The molecule has 0 saturated carbocycles. The number of piperazine rings is 1. The van der Waals surface area contributed by atoms with Crippen molar-refractivity contribution in [1.29, 1.82) is 0 Å². The quantitative estimate of drug-likeness (QED) is 0.278. The van der Waals surface area contributed by atoms with Gasteiger partial charge in [-0.05, 0) is 42.5 Å². The molecule has 2 aliphatic heterocycles. The average molecular weight is 623 g/mol. The highest BCUT2D eigenvalue weighted by atomic mass is 35.5. The van der Waals surface area contributed by atoms with Crippen LogP contribution in [-0.2, 0) is 16.1 Å². The molecule has 0 spiro atoms. The monoisotopic (exact) mass is 622 g/mol. The molecule has 13 heteroatoms. The molecule has 1 amide bonds. The molecular formula is C30H22Cl2F2N6O3. The molecular weight excluding hydrogens is 601 g/mol. The van der Waals surface area contributed by atoms with Crippen LogP contribution < -0.4 is 10.6 Å². The number of aromatic nitrogens is 2.